The van der Waals surface area contributed by atoms with Gasteiger partial charge in [0.15, 0.2) is 0 Å². The van der Waals surface area contributed by atoms with Gasteiger partial charge >= 0.3 is 0 Å². The van der Waals surface area contributed by atoms with E-state index in [2.05, 4.69) is 15.3 Å². The number of hydrogen-bond acceptors (Lipinski definition) is 7. The minimum absolute atomic E-state index is 0.0926. The lowest BCUT2D eigenvalue weighted by atomic mass is 10.1. The second-order valence-corrected chi connectivity index (χ2v) is 9.23. The van der Waals surface area contributed by atoms with Gasteiger partial charge in [-0.3, -0.25) is 0 Å². The number of rotatable bonds is 7. The summed E-state index contributed by atoms with van der Waals surface area (Å²) in [5.41, 5.74) is 0.607. The van der Waals surface area contributed by atoms with Crippen molar-refractivity contribution in [2.45, 2.75) is 26.0 Å². The molecule has 1 saturated heterocycles. The zero-order valence-corrected chi connectivity index (χ0v) is 17.3. The number of piperazine rings is 1. The molecule has 3 rings (SSSR count). The largest absolute Gasteiger partial charge is 0.387 e. The third kappa shape index (κ3) is 5.20. The summed E-state index contributed by atoms with van der Waals surface area (Å²) in [4.78, 5) is 10.5. The van der Waals surface area contributed by atoms with Crippen LogP contribution in [0.5, 0.6) is 0 Å². The topological polar surface area (TPSA) is 98.7 Å². The van der Waals surface area contributed by atoms with E-state index in [-0.39, 0.29) is 24.2 Å². The van der Waals surface area contributed by atoms with Crippen molar-refractivity contribution in [3.63, 3.8) is 0 Å². The summed E-state index contributed by atoms with van der Waals surface area (Å²) in [5.74, 6) is 0.983. The van der Waals surface area contributed by atoms with Gasteiger partial charge < -0.3 is 15.3 Å². The molecule has 2 unspecified atom stereocenters. The zero-order chi connectivity index (χ0) is 21.0. The van der Waals surface area contributed by atoms with Gasteiger partial charge in [0.2, 0.25) is 10.0 Å². The molecule has 0 amide bonds. The summed E-state index contributed by atoms with van der Waals surface area (Å²) in [6.45, 7) is 5.23. The molecule has 2 heterocycles. The summed E-state index contributed by atoms with van der Waals surface area (Å²) in [7, 11) is -3.22. The molecule has 0 spiro atoms. The van der Waals surface area contributed by atoms with E-state index in [1.807, 2.05) is 11.8 Å². The number of anilines is 2. The Balaban J connectivity index is 1.62. The molecule has 0 bridgehead atoms. The fourth-order valence-corrected chi connectivity index (χ4v) is 4.66. The van der Waals surface area contributed by atoms with Crippen molar-refractivity contribution in [2.75, 3.05) is 42.1 Å². The molecule has 2 N–H and O–H groups in total. The molecule has 1 aromatic carbocycles. The maximum absolute atomic E-state index is 13.0. The molecule has 10 heteroatoms. The molecule has 2 aromatic rings. The van der Waals surface area contributed by atoms with Gasteiger partial charge in [-0.15, -0.1) is 0 Å². The first-order chi connectivity index (χ1) is 13.8. The van der Waals surface area contributed by atoms with Crippen molar-refractivity contribution in [3.8, 4) is 0 Å². The van der Waals surface area contributed by atoms with E-state index in [0.717, 1.165) is 0 Å². The van der Waals surface area contributed by atoms with Crippen molar-refractivity contribution in [1.29, 1.82) is 0 Å². The van der Waals surface area contributed by atoms with Gasteiger partial charge in [0.25, 0.3) is 0 Å². The Kier molecular flexibility index (Phi) is 6.66. The molecular formula is C19H26FN5O3S. The van der Waals surface area contributed by atoms with Crippen LogP contribution in [0.2, 0.25) is 0 Å². The lowest BCUT2D eigenvalue weighted by molar-refractivity contribution is 0.191. The lowest BCUT2D eigenvalue weighted by Crippen LogP contribution is -2.54. The molecular weight excluding hydrogens is 397 g/mol. The summed E-state index contributed by atoms with van der Waals surface area (Å²) in [6, 6.07) is 7.31. The summed E-state index contributed by atoms with van der Waals surface area (Å²) >= 11 is 0. The van der Waals surface area contributed by atoms with Crippen molar-refractivity contribution < 1.29 is 17.9 Å². The molecule has 0 aliphatic carbocycles. The van der Waals surface area contributed by atoms with Crippen molar-refractivity contribution >= 4 is 21.7 Å². The van der Waals surface area contributed by atoms with Crippen LogP contribution in [0, 0.1) is 5.82 Å². The number of aliphatic hydroxyl groups is 1. The number of nitrogens with one attached hydrogen (secondary N) is 1. The fraction of sp³-hybridized carbons (Fsp3) is 0.474. The average molecular weight is 424 g/mol. The summed E-state index contributed by atoms with van der Waals surface area (Å²) in [6.07, 6.45) is 0.624. The normalized spacial score (nSPS) is 19.2. The van der Waals surface area contributed by atoms with E-state index in [0.29, 0.717) is 36.8 Å². The Morgan fingerprint density at radius 3 is 2.66 bits per heavy atom. The lowest BCUT2D eigenvalue weighted by Gasteiger charge is -2.39. The van der Waals surface area contributed by atoms with Crippen LogP contribution in [0.15, 0.2) is 36.7 Å². The van der Waals surface area contributed by atoms with Gasteiger partial charge in [0, 0.05) is 38.3 Å². The number of sulfonamides is 1. The zero-order valence-electron chi connectivity index (χ0n) is 16.5. The van der Waals surface area contributed by atoms with Crippen LogP contribution in [-0.2, 0) is 10.0 Å². The van der Waals surface area contributed by atoms with Crippen LogP contribution in [0.3, 0.4) is 0 Å². The van der Waals surface area contributed by atoms with Crippen molar-refractivity contribution in [3.05, 3.63) is 48.0 Å². The van der Waals surface area contributed by atoms with Gasteiger partial charge in [-0.25, -0.2) is 22.8 Å². The Bertz CT molecular complexity index is 926. The van der Waals surface area contributed by atoms with E-state index < -0.39 is 16.1 Å². The molecule has 1 aliphatic rings. The molecule has 2 atom stereocenters. The fourth-order valence-electron chi connectivity index (χ4n) is 3.35. The highest BCUT2D eigenvalue weighted by atomic mass is 32.2. The highest BCUT2D eigenvalue weighted by Crippen LogP contribution is 2.21. The minimum Gasteiger partial charge on any atom is -0.387 e. The predicted molar refractivity (Wildman–Crippen MR) is 110 cm³/mol. The Morgan fingerprint density at radius 2 is 2.00 bits per heavy atom. The quantitative estimate of drug-likeness (QED) is 0.698. The van der Waals surface area contributed by atoms with E-state index in [1.165, 1.54) is 30.6 Å². The van der Waals surface area contributed by atoms with Gasteiger partial charge in [-0.05, 0) is 31.5 Å². The predicted octanol–water partition coefficient (Wildman–Crippen LogP) is 1.62. The first kappa shape index (κ1) is 21.4. The minimum atomic E-state index is -3.22. The van der Waals surface area contributed by atoms with Crippen molar-refractivity contribution in [2.24, 2.45) is 0 Å². The number of hydrogen-bond donors (Lipinski definition) is 2. The molecule has 8 nitrogen and oxygen atoms in total. The molecule has 1 aliphatic heterocycles. The van der Waals surface area contributed by atoms with Crippen LogP contribution in [0.25, 0.3) is 0 Å². The molecule has 0 saturated carbocycles. The van der Waals surface area contributed by atoms with Crippen molar-refractivity contribution in [1.82, 2.24) is 14.3 Å². The number of benzene rings is 1. The maximum Gasteiger partial charge on any atom is 0.214 e. The standard InChI is InChI=1S/C19H26FN5O3S/c1-3-29(27,28)25-9-8-24(12-14(25)2)19-10-18(22-13-23-19)21-11-17(26)15-4-6-16(20)7-5-15/h4-7,10,13-14,17,26H,3,8-9,11-12H2,1-2H3,(H,21,22,23). The van der Waals surface area contributed by atoms with Crippen LogP contribution in [0.1, 0.15) is 25.5 Å². The first-order valence-electron chi connectivity index (χ1n) is 9.54. The monoisotopic (exact) mass is 423 g/mol. The average Bonchev–Trinajstić information content (AvgIpc) is 2.72. The van der Waals surface area contributed by atoms with Gasteiger partial charge in [0.05, 0.1) is 11.9 Å². The number of aromatic nitrogens is 2. The highest BCUT2D eigenvalue weighted by Gasteiger charge is 2.31. The van der Waals surface area contributed by atoms with E-state index >= 15 is 0 Å². The Hall–Kier alpha value is -2.30. The Morgan fingerprint density at radius 1 is 1.28 bits per heavy atom. The van der Waals surface area contributed by atoms with E-state index in [1.54, 1.807) is 17.3 Å². The Labute approximate surface area is 170 Å². The summed E-state index contributed by atoms with van der Waals surface area (Å²) in [5, 5.41) is 13.3. The first-order valence-corrected chi connectivity index (χ1v) is 11.1. The second-order valence-electron chi connectivity index (χ2n) is 7.02. The highest BCUT2D eigenvalue weighted by molar-refractivity contribution is 7.89. The van der Waals surface area contributed by atoms with Crippen LogP contribution >= 0.6 is 0 Å². The third-order valence-corrected chi connectivity index (χ3v) is 6.98. The molecule has 29 heavy (non-hydrogen) atoms. The van der Waals surface area contributed by atoms with E-state index in [9.17, 15) is 17.9 Å². The second kappa shape index (κ2) is 9.02. The maximum atomic E-state index is 13.0. The number of nitrogens with zero attached hydrogens (tertiary/aromatic N) is 4. The molecule has 0 radical (unpaired) electrons. The van der Waals surface area contributed by atoms with Gasteiger partial charge in [-0.1, -0.05) is 12.1 Å². The molecule has 1 fully saturated rings. The number of halogens is 1. The smallest absolute Gasteiger partial charge is 0.214 e. The molecule has 158 valence electrons. The number of aliphatic hydroxyl groups excluding tert-OH is 1. The van der Waals surface area contributed by atoms with Crippen LogP contribution < -0.4 is 10.2 Å². The van der Waals surface area contributed by atoms with Crippen LogP contribution in [-0.4, -0.2) is 65.8 Å². The van der Waals surface area contributed by atoms with Crippen LogP contribution in [0.4, 0.5) is 16.0 Å². The van der Waals surface area contributed by atoms with Gasteiger partial charge in [0.1, 0.15) is 23.8 Å². The third-order valence-electron chi connectivity index (χ3n) is 5.00. The SMILES string of the molecule is CCS(=O)(=O)N1CCN(c2cc(NCC(O)c3ccc(F)cc3)ncn2)CC1C. The van der Waals surface area contributed by atoms with E-state index in [4.69, 9.17) is 0 Å². The van der Waals surface area contributed by atoms with Gasteiger partial charge in [-0.2, -0.15) is 4.31 Å². The molecule has 1 aromatic heterocycles. The summed E-state index contributed by atoms with van der Waals surface area (Å²) < 4.78 is 38.9.